The lowest BCUT2D eigenvalue weighted by molar-refractivity contribution is 0.0242. The molecule has 0 amide bonds. The molecule has 2 rings (SSSR count). The molecule has 1 fully saturated rings. The quantitative estimate of drug-likeness (QED) is 0.737. The number of hydrogen-bond acceptors (Lipinski definition) is 2. The molecule has 1 unspecified atom stereocenters. The number of hydrogen-bond donors (Lipinski definition) is 0. The van der Waals surface area contributed by atoms with Crippen LogP contribution in [0.3, 0.4) is 0 Å². The van der Waals surface area contributed by atoms with Crippen LogP contribution in [0.1, 0.15) is 11.6 Å². The number of halogens is 1. The van der Waals surface area contributed by atoms with Crippen molar-refractivity contribution >= 4 is 0 Å². The summed E-state index contributed by atoms with van der Waals surface area (Å²) in [5, 5.41) is 0. The van der Waals surface area contributed by atoms with E-state index in [9.17, 15) is 4.39 Å². The van der Waals surface area contributed by atoms with Crippen LogP contribution in [0, 0.1) is 12.7 Å². The average Bonchev–Trinajstić information content (AvgIpc) is 2.30. The molecule has 1 heterocycles. The van der Waals surface area contributed by atoms with E-state index in [0.29, 0.717) is 18.8 Å². The lowest BCUT2D eigenvalue weighted by Gasteiger charge is -2.32. The number of morpholine rings is 1. The molecule has 1 radical (unpaired) electrons. The lowest BCUT2D eigenvalue weighted by Crippen LogP contribution is -2.38. The molecule has 1 aliphatic rings. The molecule has 81 valence electrons. The minimum Gasteiger partial charge on any atom is -0.379 e. The Kier molecular flexibility index (Phi) is 3.34. The highest BCUT2D eigenvalue weighted by molar-refractivity contribution is 5.22. The van der Waals surface area contributed by atoms with E-state index < -0.39 is 0 Å². The Balaban J connectivity index is 2.12. The predicted octanol–water partition coefficient (Wildman–Crippen LogP) is 2.03. The van der Waals surface area contributed by atoms with Gasteiger partial charge < -0.3 is 4.74 Å². The first-order valence-corrected chi connectivity index (χ1v) is 5.18. The Hall–Kier alpha value is -0.930. The molecule has 0 bridgehead atoms. The molecule has 2 nitrogen and oxygen atoms in total. The van der Waals surface area contributed by atoms with Gasteiger partial charge in [0.15, 0.2) is 0 Å². The maximum Gasteiger partial charge on any atom is 0.127 e. The largest absolute Gasteiger partial charge is 0.379 e. The molecule has 15 heavy (non-hydrogen) atoms. The van der Waals surface area contributed by atoms with Gasteiger partial charge in [0.05, 0.1) is 13.2 Å². The third-order valence-corrected chi connectivity index (χ3v) is 2.75. The van der Waals surface area contributed by atoms with Crippen LogP contribution in [-0.4, -0.2) is 31.2 Å². The van der Waals surface area contributed by atoms with E-state index in [1.165, 1.54) is 6.07 Å². The second kappa shape index (κ2) is 4.73. The number of rotatable bonds is 2. The van der Waals surface area contributed by atoms with Crippen LogP contribution in [0.15, 0.2) is 24.3 Å². The Labute approximate surface area is 89.7 Å². The van der Waals surface area contributed by atoms with Gasteiger partial charge in [-0.05, 0) is 13.0 Å². The normalized spacial score (nSPS) is 20.1. The van der Waals surface area contributed by atoms with Crippen LogP contribution in [0.5, 0.6) is 0 Å². The highest BCUT2D eigenvalue weighted by atomic mass is 19.1. The van der Waals surface area contributed by atoms with Gasteiger partial charge in [-0.15, -0.1) is 0 Å². The number of nitrogens with zero attached hydrogens (tertiary/aromatic N) is 1. The molecule has 0 aromatic heterocycles. The fourth-order valence-electron chi connectivity index (χ4n) is 1.83. The standard InChI is InChI=1S/C12H15FNO/c1-10(14-6-8-15-9-7-14)11-4-2-3-5-12(11)13/h2-5,10H,1,6-9H2. The Bertz CT molecular complexity index is 323. The minimum atomic E-state index is -0.177. The molecule has 0 aliphatic carbocycles. The van der Waals surface area contributed by atoms with Gasteiger partial charge in [0.1, 0.15) is 5.82 Å². The van der Waals surface area contributed by atoms with Gasteiger partial charge in [-0.2, -0.15) is 0 Å². The summed E-state index contributed by atoms with van der Waals surface area (Å²) in [6, 6.07) is 6.70. The molecule has 1 atom stereocenters. The van der Waals surface area contributed by atoms with Crippen molar-refractivity contribution in [2.24, 2.45) is 0 Å². The van der Waals surface area contributed by atoms with Gasteiger partial charge in [-0.1, -0.05) is 18.2 Å². The van der Waals surface area contributed by atoms with Gasteiger partial charge in [0, 0.05) is 24.7 Å². The highest BCUT2D eigenvalue weighted by Gasteiger charge is 2.20. The molecule has 0 N–H and O–H groups in total. The summed E-state index contributed by atoms with van der Waals surface area (Å²) in [5.74, 6) is -0.177. The fraction of sp³-hybridized carbons (Fsp3) is 0.417. The van der Waals surface area contributed by atoms with Crippen LogP contribution < -0.4 is 0 Å². The summed E-state index contributed by atoms with van der Waals surface area (Å²) in [6.07, 6.45) is 0. The molecular weight excluding hydrogens is 193 g/mol. The molecule has 1 aromatic rings. The third kappa shape index (κ3) is 2.36. The first kappa shape index (κ1) is 10.6. The van der Waals surface area contributed by atoms with Gasteiger partial charge in [-0.3, -0.25) is 4.90 Å². The second-order valence-corrected chi connectivity index (χ2v) is 3.69. The first-order valence-electron chi connectivity index (χ1n) is 5.18. The summed E-state index contributed by atoms with van der Waals surface area (Å²) >= 11 is 0. The highest BCUT2D eigenvalue weighted by Crippen LogP contribution is 2.22. The summed E-state index contributed by atoms with van der Waals surface area (Å²) in [5.41, 5.74) is 0.666. The Morgan fingerprint density at radius 3 is 2.60 bits per heavy atom. The molecule has 0 saturated carbocycles. The van der Waals surface area contributed by atoms with E-state index in [1.54, 1.807) is 12.1 Å². The lowest BCUT2D eigenvalue weighted by atomic mass is 10.1. The van der Waals surface area contributed by atoms with Crippen molar-refractivity contribution in [3.8, 4) is 0 Å². The van der Waals surface area contributed by atoms with Gasteiger partial charge in [-0.25, -0.2) is 4.39 Å². The number of benzene rings is 1. The van der Waals surface area contributed by atoms with E-state index in [1.807, 2.05) is 6.07 Å². The molecule has 1 aliphatic heterocycles. The van der Waals surface area contributed by atoms with Gasteiger partial charge in [0.25, 0.3) is 0 Å². The van der Waals surface area contributed by atoms with Crippen molar-refractivity contribution in [2.45, 2.75) is 6.04 Å². The topological polar surface area (TPSA) is 12.5 Å². The smallest absolute Gasteiger partial charge is 0.127 e. The maximum atomic E-state index is 13.5. The van der Waals surface area contributed by atoms with Gasteiger partial charge in [0.2, 0.25) is 0 Å². The fourth-order valence-corrected chi connectivity index (χ4v) is 1.83. The first-order chi connectivity index (χ1) is 7.29. The van der Waals surface area contributed by atoms with Crippen molar-refractivity contribution < 1.29 is 9.13 Å². The number of ether oxygens (including phenoxy) is 1. The van der Waals surface area contributed by atoms with Crippen molar-refractivity contribution in [1.29, 1.82) is 0 Å². The molecule has 0 spiro atoms. The molecule has 1 aromatic carbocycles. The zero-order valence-electron chi connectivity index (χ0n) is 8.66. The third-order valence-electron chi connectivity index (χ3n) is 2.75. The zero-order valence-corrected chi connectivity index (χ0v) is 8.66. The van der Waals surface area contributed by atoms with Crippen LogP contribution in [0.25, 0.3) is 0 Å². The van der Waals surface area contributed by atoms with E-state index in [0.717, 1.165) is 13.1 Å². The van der Waals surface area contributed by atoms with Crippen molar-refractivity contribution in [3.63, 3.8) is 0 Å². The summed E-state index contributed by atoms with van der Waals surface area (Å²) < 4.78 is 18.7. The van der Waals surface area contributed by atoms with E-state index in [4.69, 9.17) is 4.74 Å². The summed E-state index contributed by atoms with van der Waals surface area (Å²) in [6.45, 7) is 7.08. The molecule has 1 saturated heterocycles. The molecule has 3 heteroatoms. The van der Waals surface area contributed by atoms with E-state index in [-0.39, 0.29) is 11.9 Å². The second-order valence-electron chi connectivity index (χ2n) is 3.69. The van der Waals surface area contributed by atoms with Crippen molar-refractivity contribution in [1.82, 2.24) is 4.90 Å². The van der Waals surface area contributed by atoms with Crippen LogP contribution in [-0.2, 0) is 4.74 Å². The predicted molar refractivity (Wildman–Crippen MR) is 56.9 cm³/mol. The van der Waals surface area contributed by atoms with Crippen LogP contribution in [0.4, 0.5) is 4.39 Å². The van der Waals surface area contributed by atoms with Crippen molar-refractivity contribution in [2.75, 3.05) is 26.3 Å². The summed E-state index contributed by atoms with van der Waals surface area (Å²) in [7, 11) is 0. The summed E-state index contributed by atoms with van der Waals surface area (Å²) in [4.78, 5) is 2.14. The van der Waals surface area contributed by atoms with Crippen LogP contribution in [0.2, 0.25) is 0 Å². The Morgan fingerprint density at radius 2 is 1.93 bits per heavy atom. The van der Waals surface area contributed by atoms with Crippen molar-refractivity contribution in [3.05, 3.63) is 42.6 Å². The van der Waals surface area contributed by atoms with E-state index >= 15 is 0 Å². The van der Waals surface area contributed by atoms with Gasteiger partial charge >= 0.3 is 0 Å². The zero-order chi connectivity index (χ0) is 10.7. The monoisotopic (exact) mass is 208 g/mol. The maximum absolute atomic E-state index is 13.5. The molecular formula is C12H15FNO. The average molecular weight is 208 g/mol. The SMILES string of the molecule is [CH2]C(c1ccccc1F)N1CCOCC1. The van der Waals surface area contributed by atoms with Crippen LogP contribution >= 0.6 is 0 Å². The minimum absolute atomic E-state index is 0.116. The Morgan fingerprint density at radius 1 is 1.27 bits per heavy atom. The van der Waals surface area contributed by atoms with E-state index in [2.05, 4.69) is 11.8 Å².